The van der Waals surface area contributed by atoms with E-state index in [1.165, 1.54) is 18.2 Å². The topological polar surface area (TPSA) is 107 Å². The third-order valence-corrected chi connectivity index (χ3v) is 8.40. The third-order valence-electron chi connectivity index (χ3n) is 6.60. The van der Waals surface area contributed by atoms with Crippen LogP contribution >= 0.6 is 0 Å². The molecule has 2 aromatic rings. The minimum Gasteiger partial charge on any atom is -0.478 e. The van der Waals surface area contributed by atoms with Crippen molar-refractivity contribution >= 4 is 22.1 Å². The monoisotopic (exact) mass is 554 g/mol. The second-order valence-electron chi connectivity index (χ2n) is 10.4. The van der Waals surface area contributed by atoms with Crippen LogP contribution in [0.25, 0.3) is 6.08 Å². The fraction of sp³-hybridized carbons (Fsp3) is 0.444. The summed E-state index contributed by atoms with van der Waals surface area (Å²) in [6.45, 7) is 3.76. The quantitative estimate of drug-likeness (QED) is 0.363. The van der Waals surface area contributed by atoms with E-state index < -0.39 is 38.7 Å². The Morgan fingerprint density at radius 1 is 1.16 bits per heavy atom. The molecule has 2 aromatic carbocycles. The molecule has 0 spiro atoms. The van der Waals surface area contributed by atoms with Gasteiger partial charge in [0.05, 0.1) is 16.6 Å². The van der Waals surface area contributed by atoms with Gasteiger partial charge in [-0.3, -0.25) is 0 Å². The largest absolute Gasteiger partial charge is 0.478 e. The number of sulfonamides is 1. The first kappa shape index (κ1) is 29.8. The van der Waals surface area contributed by atoms with Gasteiger partial charge in [0.2, 0.25) is 10.0 Å². The first-order valence-corrected chi connectivity index (χ1v) is 13.6. The number of carboxylic acid groups (broad SMARTS) is 1. The highest BCUT2D eigenvalue weighted by molar-refractivity contribution is 7.89. The lowest BCUT2D eigenvalue weighted by Gasteiger charge is -2.31. The summed E-state index contributed by atoms with van der Waals surface area (Å²) in [5, 5.41) is 22.6. The molecule has 208 valence electrons. The van der Waals surface area contributed by atoms with Crippen LogP contribution < -0.4 is 5.32 Å². The molecule has 0 saturated heterocycles. The van der Waals surface area contributed by atoms with Crippen molar-refractivity contribution in [1.82, 2.24) is 9.62 Å². The van der Waals surface area contributed by atoms with Gasteiger partial charge in [-0.05, 0) is 80.0 Å². The zero-order chi connectivity index (χ0) is 28.3. The lowest BCUT2D eigenvalue weighted by atomic mass is 9.88. The molecular formula is C27H33F3N2O5S. The molecule has 3 N–H and O–H groups in total. The van der Waals surface area contributed by atoms with Gasteiger partial charge in [0.1, 0.15) is 0 Å². The zero-order valence-electron chi connectivity index (χ0n) is 21.5. The van der Waals surface area contributed by atoms with Crippen molar-refractivity contribution in [3.8, 4) is 0 Å². The lowest BCUT2D eigenvalue weighted by molar-refractivity contribution is -0.137. The summed E-state index contributed by atoms with van der Waals surface area (Å²) < 4.78 is 67.1. The summed E-state index contributed by atoms with van der Waals surface area (Å²) in [6, 6.07) is 10.4. The van der Waals surface area contributed by atoms with Crippen LogP contribution in [0.15, 0.2) is 53.4 Å². The number of aliphatic carboxylic acids is 1. The molecule has 0 fully saturated rings. The summed E-state index contributed by atoms with van der Waals surface area (Å²) >= 11 is 0. The van der Waals surface area contributed by atoms with Crippen LogP contribution in [0.5, 0.6) is 0 Å². The number of carboxylic acids is 1. The number of nitrogens with zero attached hydrogens (tertiary/aromatic N) is 1. The van der Waals surface area contributed by atoms with Crippen molar-refractivity contribution in [2.45, 2.75) is 55.8 Å². The van der Waals surface area contributed by atoms with Crippen LogP contribution in [0.4, 0.5) is 13.2 Å². The Hall–Kier alpha value is -2.73. The van der Waals surface area contributed by atoms with Crippen molar-refractivity contribution in [3.05, 3.63) is 70.8 Å². The van der Waals surface area contributed by atoms with Crippen LogP contribution in [0.1, 0.15) is 42.5 Å². The number of fused-ring (bicyclic) bond motifs is 1. The van der Waals surface area contributed by atoms with Gasteiger partial charge in [0.15, 0.2) is 0 Å². The Morgan fingerprint density at radius 3 is 2.32 bits per heavy atom. The van der Waals surface area contributed by atoms with E-state index in [0.717, 1.165) is 35.7 Å². The normalized spacial score (nSPS) is 15.8. The molecular weight excluding hydrogens is 521 g/mol. The summed E-state index contributed by atoms with van der Waals surface area (Å²) in [7, 11) is -3.24. The molecule has 0 amide bonds. The molecule has 1 aliphatic carbocycles. The van der Waals surface area contributed by atoms with Gasteiger partial charge < -0.3 is 15.5 Å². The standard InChI is InChI=1S/C27H33F3N2O5S/c1-26(2,15-19-10-20-6-4-5-7-21(20)11-19)31-16-23(33)17-32(3)38(36,37)24-13-18(8-9-25(34)35)12-22(14-24)27(28,29)30/h4-9,12-14,19,23,31,33H,10-11,15-17H2,1-3H3,(H,34,35)/b9-8+/t23-/m1/s1. The fourth-order valence-corrected chi connectivity index (χ4v) is 6.11. The van der Waals surface area contributed by atoms with Crippen molar-refractivity contribution in [2.24, 2.45) is 5.92 Å². The molecule has 1 aliphatic rings. The molecule has 0 aliphatic heterocycles. The second-order valence-corrected chi connectivity index (χ2v) is 12.5. The number of hydrogen-bond acceptors (Lipinski definition) is 5. The maximum atomic E-state index is 13.4. The SMILES string of the molecule is CN(C[C@H](O)CNC(C)(C)CC1Cc2ccccc2C1)S(=O)(=O)c1cc(/C=C/C(=O)O)cc(C(F)(F)F)c1. The molecule has 11 heteroatoms. The zero-order valence-corrected chi connectivity index (χ0v) is 22.3. The number of carbonyl (C=O) groups is 1. The Kier molecular flexibility index (Phi) is 9.08. The molecule has 0 heterocycles. The predicted octanol–water partition coefficient (Wildman–Crippen LogP) is 3.96. The summed E-state index contributed by atoms with van der Waals surface area (Å²) in [5.41, 5.74) is 0.896. The fourth-order valence-electron chi connectivity index (χ4n) is 4.82. The maximum Gasteiger partial charge on any atom is 0.416 e. The van der Waals surface area contributed by atoms with Crippen LogP contribution in [-0.4, -0.2) is 60.7 Å². The Labute approximate surface area is 221 Å². The van der Waals surface area contributed by atoms with E-state index in [-0.39, 0.29) is 24.2 Å². The number of benzene rings is 2. The Balaban J connectivity index is 1.64. The molecule has 0 radical (unpaired) electrons. The number of likely N-dealkylation sites (N-methyl/N-ethyl adjacent to an activating group) is 1. The number of halogens is 3. The third kappa shape index (κ3) is 7.89. The van der Waals surface area contributed by atoms with Crippen LogP contribution in [0, 0.1) is 5.92 Å². The van der Waals surface area contributed by atoms with E-state index in [4.69, 9.17) is 5.11 Å². The highest BCUT2D eigenvalue weighted by Crippen LogP contribution is 2.33. The van der Waals surface area contributed by atoms with Crippen molar-refractivity contribution < 1.29 is 36.6 Å². The highest BCUT2D eigenvalue weighted by atomic mass is 32.2. The Morgan fingerprint density at radius 2 is 1.76 bits per heavy atom. The van der Waals surface area contributed by atoms with Crippen LogP contribution in [-0.2, 0) is 33.8 Å². The number of alkyl halides is 3. The maximum absolute atomic E-state index is 13.4. The van der Waals surface area contributed by atoms with Gasteiger partial charge in [-0.2, -0.15) is 17.5 Å². The molecule has 0 saturated carbocycles. The van der Waals surface area contributed by atoms with Crippen molar-refractivity contribution in [2.75, 3.05) is 20.1 Å². The molecule has 3 rings (SSSR count). The number of nitrogens with one attached hydrogen (secondary N) is 1. The summed E-state index contributed by atoms with van der Waals surface area (Å²) in [5.74, 6) is -0.944. The predicted molar refractivity (Wildman–Crippen MR) is 138 cm³/mol. The van der Waals surface area contributed by atoms with E-state index in [0.29, 0.717) is 24.1 Å². The second kappa shape index (κ2) is 11.6. The molecule has 1 atom stereocenters. The summed E-state index contributed by atoms with van der Waals surface area (Å²) in [6.07, 6.45) is -1.65. The minimum atomic E-state index is -4.84. The van der Waals surface area contributed by atoms with E-state index in [9.17, 15) is 31.5 Å². The average molecular weight is 555 g/mol. The molecule has 38 heavy (non-hydrogen) atoms. The highest BCUT2D eigenvalue weighted by Gasteiger charge is 2.34. The van der Waals surface area contributed by atoms with Gasteiger partial charge in [0, 0.05) is 31.8 Å². The number of aliphatic hydroxyl groups excluding tert-OH is 1. The average Bonchev–Trinajstić information content (AvgIpc) is 3.22. The smallest absolute Gasteiger partial charge is 0.416 e. The molecule has 0 unspecified atom stereocenters. The van der Waals surface area contributed by atoms with Gasteiger partial charge >= 0.3 is 12.1 Å². The van der Waals surface area contributed by atoms with Crippen LogP contribution in [0.3, 0.4) is 0 Å². The summed E-state index contributed by atoms with van der Waals surface area (Å²) in [4.78, 5) is 10.1. The van der Waals surface area contributed by atoms with Crippen molar-refractivity contribution in [1.29, 1.82) is 0 Å². The molecule has 7 nitrogen and oxygen atoms in total. The van der Waals surface area contributed by atoms with E-state index in [2.05, 4.69) is 17.4 Å². The van der Waals surface area contributed by atoms with E-state index in [1.54, 1.807) is 0 Å². The van der Waals surface area contributed by atoms with Crippen LogP contribution in [0.2, 0.25) is 0 Å². The molecule has 0 aromatic heterocycles. The number of aliphatic hydroxyl groups is 1. The molecule has 0 bridgehead atoms. The minimum absolute atomic E-state index is 0.0850. The number of hydrogen-bond donors (Lipinski definition) is 3. The first-order valence-electron chi connectivity index (χ1n) is 12.2. The van der Waals surface area contributed by atoms with Gasteiger partial charge in [-0.15, -0.1) is 0 Å². The van der Waals surface area contributed by atoms with Gasteiger partial charge in [-0.1, -0.05) is 24.3 Å². The van der Waals surface area contributed by atoms with E-state index >= 15 is 0 Å². The number of rotatable bonds is 11. The Bertz CT molecular complexity index is 1270. The lowest BCUT2D eigenvalue weighted by Crippen LogP contribution is -2.47. The van der Waals surface area contributed by atoms with E-state index in [1.807, 2.05) is 26.0 Å². The first-order chi connectivity index (χ1) is 17.6. The van der Waals surface area contributed by atoms with Gasteiger partial charge in [0.25, 0.3) is 0 Å². The number of β-amino-alcohol motifs (C(OH)–C–C–N with tert-alkyl or cyclic N) is 1. The van der Waals surface area contributed by atoms with Gasteiger partial charge in [-0.25, -0.2) is 13.2 Å². The van der Waals surface area contributed by atoms with Crippen molar-refractivity contribution in [3.63, 3.8) is 0 Å².